The second-order valence-electron chi connectivity index (χ2n) is 5.97. The minimum atomic E-state index is -3.86. The fourth-order valence-electron chi connectivity index (χ4n) is 2.44. The van der Waals surface area contributed by atoms with Crippen LogP contribution < -0.4 is 5.73 Å². The lowest BCUT2D eigenvalue weighted by Crippen LogP contribution is -2.34. The van der Waals surface area contributed by atoms with Crippen molar-refractivity contribution in [1.29, 1.82) is 0 Å². The molecule has 2 N–H and O–H groups in total. The van der Waals surface area contributed by atoms with Crippen LogP contribution in [0.25, 0.3) is 0 Å². The highest BCUT2D eigenvalue weighted by Crippen LogP contribution is 2.33. The molecule has 0 bridgehead atoms. The van der Waals surface area contributed by atoms with Crippen molar-refractivity contribution in [3.63, 3.8) is 0 Å². The Bertz CT molecular complexity index is 792. The fraction of sp³-hybridized carbons (Fsp3) is 0.538. The zero-order valence-electron chi connectivity index (χ0n) is 12.4. The molecule has 1 atom stereocenters. The first kappa shape index (κ1) is 17.3. The molecule has 0 amide bonds. The lowest BCUT2D eigenvalue weighted by molar-refractivity contribution is 0.349. The first-order valence-corrected chi connectivity index (χ1v) is 10.0. The summed E-state index contributed by atoms with van der Waals surface area (Å²) >= 11 is 0. The Morgan fingerprint density at radius 3 is 2.41 bits per heavy atom. The number of rotatable bonds is 4. The Balaban J connectivity index is 2.38. The van der Waals surface area contributed by atoms with Crippen LogP contribution in [0.3, 0.4) is 0 Å². The Morgan fingerprint density at radius 2 is 1.95 bits per heavy atom. The SMILES string of the molecule is CC1(CN)CCN(S(=O)(=O)c2ccc(S(C)(=O)=O)c(F)c2)C1. The predicted molar refractivity (Wildman–Crippen MR) is 80.0 cm³/mol. The summed E-state index contributed by atoms with van der Waals surface area (Å²) in [4.78, 5) is -0.765. The van der Waals surface area contributed by atoms with Crippen molar-refractivity contribution in [1.82, 2.24) is 4.31 Å². The minimum Gasteiger partial charge on any atom is -0.330 e. The molecule has 1 saturated heterocycles. The average molecular weight is 350 g/mol. The van der Waals surface area contributed by atoms with E-state index in [1.165, 1.54) is 4.31 Å². The number of sulfonamides is 1. The van der Waals surface area contributed by atoms with Crippen LogP contribution in [0.4, 0.5) is 4.39 Å². The van der Waals surface area contributed by atoms with Crippen molar-refractivity contribution < 1.29 is 21.2 Å². The van der Waals surface area contributed by atoms with Gasteiger partial charge < -0.3 is 5.73 Å². The topological polar surface area (TPSA) is 97.5 Å². The van der Waals surface area contributed by atoms with E-state index in [1.54, 1.807) is 0 Å². The van der Waals surface area contributed by atoms with Crippen LogP contribution in [-0.2, 0) is 19.9 Å². The summed E-state index contributed by atoms with van der Waals surface area (Å²) in [6, 6.07) is 2.85. The zero-order chi connectivity index (χ0) is 16.8. The predicted octanol–water partition coefficient (Wildman–Crippen LogP) is 0.589. The van der Waals surface area contributed by atoms with Crippen molar-refractivity contribution >= 4 is 19.9 Å². The van der Waals surface area contributed by atoms with E-state index in [9.17, 15) is 21.2 Å². The normalized spacial score (nSPS) is 23.8. The number of hydrogen-bond donors (Lipinski definition) is 1. The van der Waals surface area contributed by atoms with Gasteiger partial charge in [-0.05, 0) is 36.6 Å². The largest absolute Gasteiger partial charge is 0.330 e. The molecule has 0 spiro atoms. The molecule has 0 aliphatic carbocycles. The Labute approximate surface area is 130 Å². The third-order valence-electron chi connectivity index (χ3n) is 3.96. The quantitative estimate of drug-likeness (QED) is 0.857. The van der Waals surface area contributed by atoms with E-state index in [1.807, 2.05) is 6.92 Å². The monoisotopic (exact) mass is 350 g/mol. The van der Waals surface area contributed by atoms with Gasteiger partial charge in [0, 0.05) is 19.3 Å². The molecular weight excluding hydrogens is 331 g/mol. The second-order valence-corrected chi connectivity index (χ2v) is 9.89. The van der Waals surface area contributed by atoms with E-state index >= 15 is 0 Å². The van der Waals surface area contributed by atoms with E-state index in [2.05, 4.69) is 0 Å². The second kappa shape index (κ2) is 5.55. The van der Waals surface area contributed by atoms with E-state index in [0.717, 1.165) is 24.5 Å². The van der Waals surface area contributed by atoms with Gasteiger partial charge in [-0.15, -0.1) is 0 Å². The van der Waals surface area contributed by atoms with Gasteiger partial charge in [0.25, 0.3) is 0 Å². The highest BCUT2D eigenvalue weighted by atomic mass is 32.2. The molecule has 1 aromatic carbocycles. The van der Waals surface area contributed by atoms with Crippen molar-refractivity contribution in [3.8, 4) is 0 Å². The maximum atomic E-state index is 13.9. The number of nitrogens with two attached hydrogens (primary N) is 1. The molecule has 1 heterocycles. The van der Waals surface area contributed by atoms with Crippen molar-refractivity contribution in [2.75, 3.05) is 25.9 Å². The van der Waals surface area contributed by atoms with Crippen LogP contribution in [0.1, 0.15) is 13.3 Å². The van der Waals surface area contributed by atoms with Crippen molar-refractivity contribution in [3.05, 3.63) is 24.0 Å². The Kier molecular flexibility index (Phi) is 4.37. The molecule has 1 aliphatic heterocycles. The smallest absolute Gasteiger partial charge is 0.243 e. The molecule has 1 fully saturated rings. The van der Waals surface area contributed by atoms with Crippen molar-refractivity contribution in [2.45, 2.75) is 23.1 Å². The summed E-state index contributed by atoms with van der Waals surface area (Å²) in [6.07, 6.45) is 1.50. The average Bonchev–Trinajstić information content (AvgIpc) is 2.81. The van der Waals surface area contributed by atoms with Crippen LogP contribution in [0.2, 0.25) is 0 Å². The minimum absolute atomic E-state index is 0.251. The molecule has 1 aromatic rings. The lowest BCUT2D eigenvalue weighted by Gasteiger charge is -2.22. The molecule has 6 nitrogen and oxygen atoms in total. The van der Waals surface area contributed by atoms with Crippen LogP contribution in [0, 0.1) is 11.2 Å². The third kappa shape index (κ3) is 3.17. The standard InChI is InChI=1S/C13H19FN2O4S2/c1-13(8-15)5-6-16(9-13)22(19,20)10-3-4-12(11(14)7-10)21(2,17)18/h3-4,7H,5-6,8-9,15H2,1-2H3. The molecule has 9 heteroatoms. The molecule has 0 aromatic heterocycles. The number of sulfone groups is 1. The van der Waals surface area contributed by atoms with Gasteiger partial charge in [0.1, 0.15) is 10.7 Å². The van der Waals surface area contributed by atoms with Crippen molar-refractivity contribution in [2.24, 2.45) is 11.1 Å². The van der Waals surface area contributed by atoms with Crippen LogP contribution in [0.15, 0.2) is 28.0 Å². The van der Waals surface area contributed by atoms with Crippen LogP contribution in [0.5, 0.6) is 0 Å². The van der Waals surface area contributed by atoms with Gasteiger partial charge in [-0.1, -0.05) is 6.92 Å². The number of hydrogen-bond acceptors (Lipinski definition) is 5. The van der Waals surface area contributed by atoms with Gasteiger partial charge in [0.05, 0.1) is 4.90 Å². The van der Waals surface area contributed by atoms with Gasteiger partial charge in [0.15, 0.2) is 9.84 Å². The van der Waals surface area contributed by atoms with E-state index in [4.69, 9.17) is 5.73 Å². The van der Waals surface area contributed by atoms with Gasteiger partial charge >= 0.3 is 0 Å². The van der Waals surface area contributed by atoms with Crippen LogP contribution >= 0.6 is 0 Å². The van der Waals surface area contributed by atoms with Gasteiger partial charge in [0.2, 0.25) is 10.0 Å². The first-order valence-electron chi connectivity index (χ1n) is 6.69. The molecule has 0 radical (unpaired) electrons. The molecule has 0 saturated carbocycles. The number of nitrogens with zero attached hydrogens (tertiary/aromatic N) is 1. The third-order valence-corrected chi connectivity index (χ3v) is 6.93. The van der Waals surface area contributed by atoms with Gasteiger partial charge in [-0.2, -0.15) is 4.31 Å². The molecule has 2 rings (SSSR count). The van der Waals surface area contributed by atoms with Gasteiger partial charge in [-0.25, -0.2) is 21.2 Å². The molecular formula is C13H19FN2O4S2. The first-order chi connectivity index (χ1) is 9.99. The number of halogens is 1. The Hall–Kier alpha value is -1.03. The number of benzene rings is 1. The zero-order valence-corrected chi connectivity index (χ0v) is 14.0. The summed E-state index contributed by atoms with van der Waals surface area (Å²) in [5, 5.41) is 0. The van der Waals surface area contributed by atoms with E-state index in [0.29, 0.717) is 19.5 Å². The lowest BCUT2D eigenvalue weighted by atomic mass is 9.90. The summed E-state index contributed by atoms with van der Waals surface area (Å²) in [5.41, 5.74) is 5.36. The molecule has 22 heavy (non-hydrogen) atoms. The fourth-order valence-corrected chi connectivity index (χ4v) is 4.77. The maximum absolute atomic E-state index is 13.9. The highest BCUT2D eigenvalue weighted by molar-refractivity contribution is 7.90. The summed E-state index contributed by atoms with van der Waals surface area (Å²) in [5.74, 6) is -1.07. The van der Waals surface area contributed by atoms with E-state index < -0.39 is 30.6 Å². The van der Waals surface area contributed by atoms with Crippen LogP contribution in [-0.4, -0.2) is 47.0 Å². The van der Waals surface area contributed by atoms with Gasteiger partial charge in [-0.3, -0.25) is 0 Å². The summed E-state index contributed by atoms with van der Waals surface area (Å²) in [6.45, 7) is 2.84. The summed E-state index contributed by atoms with van der Waals surface area (Å²) < 4.78 is 63.0. The molecule has 1 unspecified atom stereocenters. The Morgan fingerprint density at radius 1 is 1.32 bits per heavy atom. The molecule has 1 aliphatic rings. The highest BCUT2D eigenvalue weighted by Gasteiger charge is 2.39. The van der Waals surface area contributed by atoms with E-state index in [-0.39, 0.29) is 16.9 Å². The maximum Gasteiger partial charge on any atom is 0.243 e. The summed E-state index contributed by atoms with van der Waals surface area (Å²) in [7, 11) is -7.60. The molecule has 124 valence electrons.